The lowest BCUT2D eigenvalue weighted by atomic mass is 10.00. The number of amides is 5. The van der Waals surface area contributed by atoms with Crippen LogP contribution in [0.5, 0.6) is 0 Å². The highest BCUT2D eigenvalue weighted by Crippen LogP contribution is 2.20. The van der Waals surface area contributed by atoms with Crippen LogP contribution in [0.2, 0.25) is 0 Å². The van der Waals surface area contributed by atoms with E-state index in [1.165, 1.54) is 19.4 Å². The van der Waals surface area contributed by atoms with Gasteiger partial charge in [-0.25, -0.2) is 4.98 Å². The summed E-state index contributed by atoms with van der Waals surface area (Å²) in [6.45, 7) is 1.29. The van der Waals surface area contributed by atoms with Crippen molar-refractivity contribution in [1.82, 2.24) is 36.2 Å². The average Bonchev–Trinajstić information content (AvgIpc) is 3.76. The third-order valence-electron chi connectivity index (χ3n) is 8.13. The van der Waals surface area contributed by atoms with Crippen molar-refractivity contribution in [2.75, 3.05) is 5.75 Å². The van der Waals surface area contributed by atoms with E-state index in [-0.39, 0.29) is 25.0 Å². The Morgan fingerprint density at radius 2 is 1.41 bits per heavy atom. The molecule has 0 fully saturated rings. The van der Waals surface area contributed by atoms with Crippen molar-refractivity contribution in [3.63, 3.8) is 0 Å². The molecule has 14 heteroatoms. The number of nitrogens with zero attached hydrogens (tertiary/aromatic N) is 1. The molecule has 13 nitrogen and oxygen atoms in total. The van der Waals surface area contributed by atoms with Gasteiger partial charge in [-0.05, 0) is 28.0 Å². The molecule has 0 bridgehead atoms. The zero-order chi connectivity index (χ0) is 34.9. The Morgan fingerprint density at radius 1 is 0.755 bits per heavy atom. The maximum Gasteiger partial charge on any atom is 0.244 e. The molecular formula is C35H38N8O5S. The van der Waals surface area contributed by atoms with Gasteiger partial charge < -0.3 is 37.0 Å². The summed E-state index contributed by atoms with van der Waals surface area (Å²) in [6, 6.07) is 16.5. The smallest absolute Gasteiger partial charge is 0.244 e. The number of aromatic amines is 2. The fourth-order valence-electron chi connectivity index (χ4n) is 5.64. The number of imidazole rings is 1. The summed E-state index contributed by atoms with van der Waals surface area (Å²) in [6.07, 6.45) is 5.05. The molecule has 49 heavy (non-hydrogen) atoms. The summed E-state index contributed by atoms with van der Waals surface area (Å²) < 4.78 is 0. The number of thiol groups is 1. The van der Waals surface area contributed by atoms with Gasteiger partial charge >= 0.3 is 0 Å². The normalized spacial score (nSPS) is 13.6. The Hall–Kier alpha value is -5.63. The minimum absolute atomic E-state index is 0.0740. The lowest BCUT2D eigenvalue weighted by Gasteiger charge is -2.25. The first kappa shape index (κ1) is 34.7. The number of rotatable bonds is 15. The molecule has 0 spiro atoms. The number of primary amides is 1. The number of fused-ring (bicyclic) bond motifs is 2. The van der Waals surface area contributed by atoms with E-state index < -0.39 is 53.7 Å². The molecular weight excluding hydrogens is 645 g/mol. The molecule has 0 aliphatic heterocycles. The topological polar surface area (TPSA) is 204 Å². The first-order valence-electron chi connectivity index (χ1n) is 15.7. The van der Waals surface area contributed by atoms with Gasteiger partial charge in [0, 0.05) is 60.9 Å². The first-order valence-corrected chi connectivity index (χ1v) is 16.3. The summed E-state index contributed by atoms with van der Waals surface area (Å²) >= 11 is 4.30. The van der Waals surface area contributed by atoms with Gasteiger partial charge in [-0.1, -0.05) is 60.7 Å². The van der Waals surface area contributed by atoms with E-state index in [1.54, 1.807) is 6.20 Å². The summed E-state index contributed by atoms with van der Waals surface area (Å²) in [4.78, 5) is 75.3. The maximum absolute atomic E-state index is 13.9. The van der Waals surface area contributed by atoms with Gasteiger partial charge in [-0.2, -0.15) is 12.6 Å². The zero-order valence-electron chi connectivity index (χ0n) is 26.7. The molecule has 2 aromatic heterocycles. The predicted octanol–water partition coefficient (Wildman–Crippen LogP) is 1.45. The quantitative estimate of drug-likeness (QED) is 0.0768. The summed E-state index contributed by atoms with van der Waals surface area (Å²) in [5.41, 5.74) is 8.69. The van der Waals surface area contributed by atoms with Crippen LogP contribution in [0.1, 0.15) is 23.7 Å². The van der Waals surface area contributed by atoms with Crippen LogP contribution in [0.3, 0.4) is 0 Å². The molecule has 0 unspecified atom stereocenters. The first-order chi connectivity index (χ1) is 23.6. The number of carbonyl (C=O) groups is 5. The van der Waals surface area contributed by atoms with Gasteiger partial charge in [0.25, 0.3) is 0 Å². The van der Waals surface area contributed by atoms with Crippen molar-refractivity contribution in [3.8, 4) is 0 Å². The summed E-state index contributed by atoms with van der Waals surface area (Å²) in [5, 5.41) is 13.6. The molecule has 4 atom stereocenters. The van der Waals surface area contributed by atoms with E-state index >= 15 is 0 Å². The van der Waals surface area contributed by atoms with Crippen LogP contribution in [-0.2, 0) is 43.2 Å². The van der Waals surface area contributed by atoms with E-state index in [0.29, 0.717) is 5.69 Å². The van der Waals surface area contributed by atoms with E-state index in [0.717, 1.165) is 32.8 Å². The van der Waals surface area contributed by atoms with Gasteiger partial charge in [-0.3, -0.25) is 24.0 Å². The molecule has 0 saturated heterocycles. The summed E-state index contributed by atoms with van der Waals surface area (Å²) in [5.74, 6) is -3.22. The second-order valence-electron chi connectivity index (χ2n) is 11.8. The molecule has 0 saturated carbocycles. The number of benzene rings is 3. The highest BCUT2D eigenvalue weighted by Gasteiger charge is 2.31. The molecule has 5 aromatic rings. The fraction of sp³-hybridized carbons (Fsp3) is 0.257. The van der Waals surface area contributed by atoms with Crippen LogP contribution in [0.15, 0.2) is 85.5 Å². The number of nitrogens with one attached hydrogen (secondary N) is 6. The Labute approximate surface area is 287 Å². The molecule has 0 radical (unpaired) electrons. The third-order valence-corrected chi connectivity index (χ3v) is 8.50. The molecule has 0 aliphatic carbocycles. The third kappa shape index (κ3) is 9.05. The second kappa shape index (κ2) is 16.0. The number of hydrogen-bond donors (Lipinski definition) is 8. The van der Waals surface area contributed by atoms with Crippen molar-refractivity contribution in [3.05, 3.63) is 102 Å². The van der Waals surface area contributed by atoms with E-state index in [4.69, 9.17) is 5.73 Å². The number of aromatic nitrogens is 3. The number of hydrogen-bond acceptors (Lipinski definition) is 7. The average molecular weight is 683 g/mol. The SMILES string of the molecule is CC(=O)N[C@@H](Cc1cnc[nH]1)C(=O)N[C@@H](Cc1ccc2ccccc2c1)C(=O)N[C@@H](CS)C(=O)N[C@@H](Cc1c[nH]c2ccccc12)C(N)=O. The standard InChI is InChI=1S/C35H38N8O5S/c1-20(44)40-30(15-25-17-37-19-39-25)34(47)42-29(13-21-10-11-22-6-2-3-7-23(22)12-21)33(46)43-31(18-49)35(48)41-28(32(36)45)14-24-16-38-27-9-5-4-8-26(24)27/h2-12,16-17,19,28-31,38,49H,13-15,18H2,1H3,(H2,36,45)(H,37,39)(H,40,44)(H,41,48)(H,42,47)(H,43,46)/t28-,29-,30-,31-/m0/s1. The van der Waals surface area contributed by atoms with E-state index in [1.807, 2.05) is 66.7 Å². The van der Waals surface area contributed by atoms with Crippen molar-refractivity contribution in [2.45, 2.75) is 50.4 Å². The lowest BCUT2D eigenvalue weighted by Crippen LogP contribution is -2.59. The van der Waals surface area contributed by atoms with Gasteiger partial charge in [0.2, 0.25) is 29.5 Å². The number of para-hydroxylation sites is 1. The van der Waals surface area contributed by atoms with Crippen molar-refractivity contribution in [1.29, 1.82) is 0 Å². The Morgan fingerprint density at radius 3 is 2.10 bits per heavy atom. The van der Waals surface area contributed by atoms with Crippen LogP contribution in [-0.4, -0.2) is 74.4 Å². The molecule has 8 N–H and O–H groups in total. The van der Waals surface area contributed by atoms with Gasteiger partial charge in [-0.15, -0.1) is 0 Å². The highest BCUT2D eigenvalue weighted by molar-refractivity contribution is 7.80. The van der Waals surface area contributed by atoms with E-state index in [2.05, 4.69) is 48.8 Å². The maximum atomic E-state index is 13.9. The number of nitrogens with two attached hydrogens (primary N) is 1. The Bertz CT molecular complexity index is 1960. The molecule has 2 heterocycles. The van der Waals surface area contributed by atoms with Crippen molar-refractivity contribution in [2.24, 2.45) is 5.73 Å². The van der Waals surface area contributed by atoms with Crippen LogP contribution < -0.4 is 27.0 Å². The van der Waals surface area contributed by atoms with Crippen LogP contribution in [0.4, 0.5) is 0 Å². The highest BCUT2D eigenvalue weighted by atomic mass is 32.1. The number of H-pyrrole nitrogens is 2. The molecule has 5 rings (SSSR count). The Kier molecular flexibility index (Phi) is 11.3. The largest absolute Gasteiger partial charge is 0.368 e. The van der Waals surface area contributed by atoms with E-state index in [9.17, 15) is 24.0 Å². The van der Waals surface area contributed by atoms with Crippen LogP contribution in [0.25, 0.3) is 21.7 Å². The number of carbonyl (C=O) groups excluding carboxylic acids is 5. The summed E-state index contributed by atoms with van der Waals surface area (Å²) in [7, 11) is 0. The van der Waals surface area contributed by atoms with Crippen molar-refractivity contribution < 1.29 is 24.0 Å². The van der Waals surface area contributed by atoms with Gasteiger partial charge in [0.1, 0.15) is 24.2 Å². The van der Waals surface area contributed by atoms with Gasteiger partial charge in [0.15, 0.2) is 0 Å². The fourth-order valence-corrected chi connectivity index (χ4v) is 5.89. The minimum Gasteiger partial charge on any atom is -0.368 e. The molecule has 254 valence electrons. The Balaban J connectivity index is 1.34. The van der Waals surface area contributed by atoms with Crippen molar-refractivity contribution >= 4 is 63.8 Å². The molecule has 0 aliphatic rings. The molecule has 5 amide bonds. The lowest BCUT2D eigenvalue weighted by molar-refractivity contribution is -0.133. The van der Waals surface area contributed by atoms with Crippen LogP contribution >= 0.6 is 12.6 Å². The zero-order valence-corrected chi connectivity index (χ0v) is 27.6. The second-order valence-corrected chi connectivity index (χ2v) is 12.1. The predicted molar refractivity (Wildman–Crippen MR) is 188 cm³/mol. The van der Waals surface area contributed by atoms with Gasteiger partial charge in [0.05, 0.1) is 6.33 Å². The molecule has 3 aromatic carbocycles. The minimum atomic E-state index is -1.17. The monoisotopic (exact) mass is 682 g/mol. The van der Waals surface area contributed by atoms with Crippen LogP contribution in [0, 0.1) is 0 Å².